The topological polar surface area (TPSA) is 103 Å². The van der Waals surface area contributed by atoms with E-state index in [0.29, 0.717) is 31.9 Å². The first-order valence-corrected chi connectivity index (χ1v) is 8.08. The summed E-state index contributed by atoms with van der Waals surface area (Å²) in [5.41, 5.74) is 0. The number of hydrogen-bond acceptors (Lipinski definition) is 5. The highest BCUT2D eigenvalue weighted by Crippen LogP contribution is 2.11. The third-order valence-electron chi connectivity index (χ3n) is 3.90. The first-order valence-electron chi connectivity index (χ1n) is 8.08. The number of amides is 2. The van der Waals surface area contributed by atoms with Gasteiger partial charge in [-0.25, -0.2) is 0 Å². The Labute approximate surface area is 147 Å². The summed E-state index contributed by atoms with van der Waals surface area (Å²) in [4.78, 5) is 36.6. The molecule has 2 N–H and O–H groups in total. The number of carbonyl (C=O) groups excluding carboxylic acids is 2. The Bertz CT molecular complexity index is 559. The number of furan rings is 1. The number of rotatable bonds is 5. The van der Waals surface area contributed by atoms with Crippen molar-refractivity contribution in [3.63, 3.8) is 0 Å². The minimum Gasteiger partial charge on any atom is -0.483 e. The Kier molecular flexibility index (Phi) is 9.02. The van der Waals surface area contributed by atoms with Gasteiger partial charge in [-0.15, -0.1) is 6.58 Å². The van der Waals surface area contributed by atoms with E-state index >= 15 is 0 Å². The molecular weight excluding hydrogens is 326 g/mol. The van der Waals surface area contributed by atoms with E-state index in [1.54, 1.807) is 23.1 Å². The summed E-state index contributed by atoms with van der Waals surface area (Å²) in [7, 11) is 0. The summed E-state index contributed by atoms with van der Waals surface area (Å²) in [6.45, 7) is 8.45. The summed E-state index contributed by atoms with van der Waals surface area (Å²) in [6.07, 6.45) is 4.01. The van der Waals surface area contributed by atoms with Crippen LogP contribution in [-0.2, 0) is 9.59 Å². The molecule has 0 aliphatic carbocycles. The zero-order chi connectivity index (χ0) is 18.7. The second-order valence-corrected chi connectivity index (χ2v) is 5.47. The molecule has 2 rings (SSSR count). The predicted octanol–water partition coefficient (Wildman–Crippen LogP) is 0.819. The van der Waals surface area contributed by atoms with E-state index in [1.165, 1.54) is 6.26 Å². The zero-order valence-corrected chi connectivity index (χ0v) is 14.4. The molecule has 1 aromatic heterocycles. The van der Waals surface area contributed by atoms with E-state index in [0.717, 1.165) is 13.0 Å². The fourth-order valence-corrected chi connectivity index (χ4v) is 2.57. The lowest BCUT2D eigenvalue weighted by Gasteiger charge is -2.26. The second-order valence-electron chi connectivity index (χ2n) is 5.47. The molecule has 1 aliphatic rings. The van der Waals surface area contributed by atoms with Crippen molar-refractivity contribution in [1.29, 1.82) is 0 Å². The first kappa shape index (κ1) is 20.4. The minimum absolute atomic E-state index is 0.00860. The van der Waals surface area contributed by atoms with Gasteiger partial charge in [-0.2, -0.15) is 0 Å². The minimum atomic E-state index is -0.250. The monoisotopic (exact) mass is 351 g/mol. The van der Waals surface area contributed by atoms with Crippen molar-refractivity contribution in [3.05, 3.63) is 36.8 Å². The normalized spacial score (nSPS) is 16.0. The van der Waals surface area contributed by atoms with E-state index in [1.807, 2.05) is 6.92 Å². The quantitative estimate of drug-likeness (QED) is 0.601. The van der Waals surface area contributed by atoms with Gasteiger partial charge in [-0.3, -0.25) is 19.3 Å². The number of hydrogen-bond donors (Lipinski definition) is 2. The molecule has 1 saturated heterocycles. The standard InChI is InChI=1S/C16H23N3O3.CH2O2/c1-3-7-17-15(20)13(2)18-8-5-9-19(11-10-18)16(21)14-6-4-12-22-14;2-1-3/h3-4,6,12-13H,1,5,7-11H2,2H3,(H,17,20);1H,(H,2,3). The Balaban J connectivity index is 0.000000970. The summed E-state index contributed by atoms with van der Waals surface area (Å²) in [5.74, 6) is 0.270. The average molecular weight is 351 g/mol. The molecule has 2 heterocycles. The molecule has 1 aromatic rings. The molecule has 1 atom stereocenters. The molecule has 2 amide bonds. The van der Waals surface area contributed by atoms with Crippen molar-refractivity contribution < 1.29 is 23.9 Å². The Morgan fingerprint density at radius 1 is 1.40 bits per heavy atom. The summed E-state index contributed by atoms with van der Waals surface area (Å²) < 4.78 is 5.17. The second kappa shape index (κ2) is 11.0. The van der Waals surface area contributed by atoms with Crippen molar-refractivity contribution in [2.45, 2.75) is 19.4 Å². The average Bonchev–Trinajstić information content (AvgIpc) is 3.03. The van der Waals surface area contributed by atoms with Crippen molar-refractivity contribution in [2.75, 3.05) is 32.7 Å². The summed E-state index contributed by atoms with van der Waals surface area (Å²) >= 11 is 0. The van der Waals surface area contributed by atoms with Gasteiger partial charge in [-0.05, 0) is 25.5 Å². The number of nitrogens with one attached hydrogen (secondary N) is 1. The highest BCUT2D eigenvalue weighted by atomic mass is 16.3. The molecule has 1 aliphatic heterocycles. The van der Waals surface area contributed by atoms with Crippen LogP contribution in [0.1, 0.15) is 23.9 Å². The van der Waals surface area contributed by atoms with E-state index in [4.69, 9.17) is 14.3 Å². The van der Waals surface area contributed by atoms with Gasteiger partial charge in [0.2, 0.25) is 5.91 Å². The maximum absolute atomic E-state index is 12.3. The SMILES string of the molecule is C=CCNC(=O)C(C)N1CCCN(C(=O)c2ccco2)CC1.O=CO. The van der Waals surface area contributed by atoms with Gasteiger partial charge >= 0.3 is 0 Å². The van der Waals surface area contributed by atoms with Gasteiger partial charge in [0.05, 0.1) is 12.3 Å². The van der Waals surface area contributed by atoms with Gasteiger partial charge in [0, 0.05) is 32.7 Å². The smallest absolute Gasteiger partial charge is 0.290 e. The van der Waals surface area contributed by atoms with Crippen molar-refractivity contribution >= 4 is 18.3 Å². The van der Waals surface area contributed by atoms with Gasteiger partial charge in [-0.1, -0.05) is 6.08 Å². The van der Waals surface area contributed by atoms with E-state index in [9.17, 15) is 9.59 Å². The van der Waals surface area contributed by atoms with Crippen molar-refractivity contribution in [3.8, 4) is 0 Å². The number of nitrogens with zero attached hydrogens (tertiary/aromatic N) is 2. The van der Waals surface area contributed by atoms with E-state index in [-0.39, 0.29) is 24.3 Å². The highest BCUT2D eigenvalue weighted by Gasteiger charge is 2.26. The van der Waals surface area contributed by atoms with E-state index < -0.39 is 0 Å². The molecule has 138 valence electrons. The van der Waals surface area contributed by atoms with E-state index in [2.05, 4.69) is 16.8 Å². The summed E-state index contributed by atoms with van der Waals surface area (Å²) in [5, 5.41) is 9.70. The van der Waals surface area contributed by atoms with Gasteiger partial charge < -0.3 is 19.7 Å². The van der Waals surface area contributed by atoms with Crippen LogP contribution in [0, 0.1) is 0 Å². The molecular formula is C17H25N3O5. The molecule has 0 spiro atoms. The Hall–Kier alpha value is -2.61. The largest absolute Gasteiger partial charge is 0.483 e. The molecule has 0 radical (unpaired) electrons. The van der Waals surface area contributed by atoms with Crippen LogP contribution < -0.4 is 5.32 Å². The molecule has 0 aromatic carbocycles. The molecule has 25 heavy (non-hydrogen) atoms. The van der Waals surface area contributed by atoms with Gasteiger partial charge in [0.1, 0.15) is 0 Å². The third-order valence-corrected chi connectivity index (χ3v) is 3.90. The maximum atomic E-state index is 12.3. The number of carbonyl (C=O) groups is 3. The van der Waals surface area contributed by atoms with Crippen LogP contribution in [0.15, 0.2) is 35.5 Å². The molecule has 8 nitrogen and oxygen atoms in total. The van der Waals surface area contributed by atoms with Crippen LogP contribution >= 0.6 is 0 Å². The lowest BCUT2D eigenvalue weighted by molar-refractivity contribution is -0.125. The molecule has 8 heteroatoms. The van der Waals surface area contributed by atoms with Crippen LogP contribution in [0.2, 0.25) is 0 Å². The molecule has 0 bridgehead atoms. The fourth-order valence-electron chi connectivity index (χ4n) is 2.57. The van der Waals surface area contributed by atoms with Crippen molar-refractivity contribution in [1.82, 2.24) is 15.1 Å². The zero-order valence-electron chi connectivity index (χ0n) is 14.4. The molecule has 0 saturated carbocycles. The van der Waals surface area contributed by atoms with Crippen LogP contribution in [0.4, 0.5) is 0 Å². The maximum Gasteiger partial charge on any atom is 0.290 e. The van der Waals surface area contributed by atoms with Crippen LogP contribution in [-0.4, -0.2) is 72.0 Å². The summed E-state index contributed by atoms with van der Waals surface area (Å²) in [6, 6.07) is 3.18. The lowest BCUT2D eigenvalue weighted by atomic mass is 10.2. The van der Waals surface area contributed by atoms with Gasteiger partial charge in [0.15, 0.2) is 5.76 Å². The Morgan fingerprint density at radius 3 is 2.72 bits per heavy atom. The van der Waals surface area contributed by atoms with Crippen LogP contribution in [0.5, 0.6) is 0 Å². The number of carboxylic acid groups (broad SMARTS) is 1. The first-order chi connectivity index (χ1) is 12.0. The van der Waals surface area contributed by atoms with Crippen LogP contribution in [0.25, 0.3) is 0 Å². The highest BCUT2D eigenvalue weighted by molar-refractivity contribution is 5.91. The molecule has 1 unspecified atom stereocenters. The Morgan fingerprint density at radius 2 is 2.12 bits per heavy atom. The van der Waals surface area contributed by atoms with Crippen LogP contribution in [0.3, 0.4) is 0 Å². The fraction of sp³-hybridized carbons (Fsp3) is 0.471. The lowest BCUT2D eigenvalue weighted by Crippen LogP contribution is -2.46. The molecule has 1 fully saturated rings. The van der Waals surface area contributed by atoms with Crippen molar-refractivity contribution in [2.24, 2.45) is 0 Å². The third kappa shape index (κ3) is 6.42. The van der Waals surface area contributed by atoms with Gasteiger partial charge in [0.25, 0.3) is 12.4 Å². The predicted molar refractivity (Wildman–Crippen MR) is 92.2 cm³/mol.